The van der Waals surface area contributed by atoms with Gasteiger partial charge in [-0.05, 0) is 47.7 Å². The zero-order valence-electron chi connectivity index (χ0n) is 16.1. The van der Waals surface area contributed by atoms with Crippen molar-refractivity contribution in [2.45, 2.75) is 13.3 Å². The first-order chi connectivity index (χ1) is 13.9. The molecule has 0 amide bonds. The number of nitrogens with zero attached hydrogens (tertiary/aromatic N) is 2. The first-order valence-electron chi connectivity index (χ1n) is 9.22. The molecule has 0 saturated carbocycles. The minimum atomic E-state index is -0.607. The summed E-state index contributed by atoms with van der Waals surface area (Å²) in [4.78, 5) is 24.5. The van der Waals surface area contributed by atoms with Crippen LogP contribution in [0.3, 0.4) is 0 Å². The van der Waals surface area contributed by atoms with Gasteiger partial charge < -0.3 is 4.74 Å². The van der Waals surface area contributed by atoms with E-state index < -0.39 is 5.97 Å². The Labute approximate surface area is 173 Å². The van der Waals surface area contributed by atoms with Crippen molar-refractivity contribution in [1.82, 2.24) is 9.78 Å². The Morgan fingerprint density at radius 2 is 1.93 bits per heavy atom. The molecule has 1 aliphatic carbocycles. The largest absolute Gasteiger partial charge is 0.454 e. The summed E-state index contributed by atoms with van der Waals surface area (Å²) >= 11 is 6.13. The normalized spacial score (nSPS) is 12.1. The summed E-state index contributed by atoms with van der Waals surface area (Å²) in [6.07, 6.45) is 3.67. The van der Waals surface area contributed by atoms with Crippen LogP contribution in [0.1, 0.15) is 32.7 Å². The number of carbonyl (C=O) groups excluding carboxylic acids is 2. The van der Waals surface area contributed by atoms with Crippen molar-refractivity contribution in [3.05, 3.63) is 81.6 Å². The van der Waals surface area contributed by atoms with Crippen molar-refractivity contribution in [1.29, 1.82) is 0 Å². The van der Waals surface area contributed by atoms with Gasteiger partial charge in [-0.25, -0.2) is 4.79 Å². The summed E-state index contributed by atoms with van der Waals surface area (Å²) in [5.41, 5.74) is 6.56. The molecule has 146 valence electrons. The zero-order chi connectivity index (χ0) is 20.5. The fraction of sp³-hybridized carbons (Fsp3) is 0.174. The second-order valence-electron chi connectivity index (χ2n) is 6.98. The van der Waals surface area contributed by atoms with Gasteiger partial charge in [0.2, 0.25) is 0 Å². The molecule has 1 aliphatic rings. The lowest BCUT2D eigenvalue weighted by Gasteiger charge is -2.06. The Bertz CT molecular complexity index is 1160. The van der Waals surface area contributed by atoms with E-state index in [1.165, 1.54) is 21.9 Å². The van der Waals surface area contributed by atoms with Crippen LogP contribution in [0.15, 0.2) is 48.5 Å². The number of hydrogen-bond donors (Lipinski definition) is 0. The molecule has 0 N–H and O–H groups in total. The Hall–Kier alpha value is -3.18. The van der Waals surface area contributed by atoms with Crippen molar-refractivity contribution >= 4 is 29.4 Å². The minimum absolute atomic E-state index is 0.241. The highest BCUT2D eigenvalue weighted by molar-refractivity contribution is 6.31. The summed E-state index contributed by atoms with van der Waals surface area (Å²) < 4.78 is 6.63. The van der Waals surface area contributed by atoms with E-state index in [-0.39, 0.29) is 12.4 Å². The van der Waals surface area contributed by atoms with Crippen molar-refractivity contribution in [2.75, 3.05) is 6.61 Å². The number of benzene rings is 2. The van der Waals surface area contributed by atoms with Crippen molar-refractivity contribution < 1.29 is 14.3 Å². The molecular weight excluding hydrogens is 388 g/mol. The smallest absolute Gasteiger partial charge is 0.331 e. The minimum Gasteiger partial charge on any atom is -0.454 e. The van der Waals surface area contributed by atoms with Gasteiger partial charge in [0.25, 0.3) is 0 Å². The maximum atomic E-state index is 12.5. The Morgan fingerprint density at radius 1 is 1.17 bits per heavy atom. The fourth-order valence-corrected chi connectivity index (χ4v) is 3.79. The van der Waals surface area contributed by atoms with Crippen LogP contribution in [0.25, 0.3) is 17.2 Å². The number of hydrogen-bond acceptors (Lipinski definition) is 4. The molecule has 3 aromatic rings. The number of aryl methyl sites for hydroxylation is 2. The number of aromatic nitrogens is 2. The van der Waals surface area contributed by atoms with Crippen molar-refractivity contribution in [3.63, 3.8) is 0 Å². The number of halogens is 1. The molecule has 0 unspecified atom stereocenters. The summed E-state index contributed by atoms with van der Waals surface area (Å²) in [5, 5.41) is 4.61. The van der Waals surface area contributed by atoms with E-state index in [2.05, 4.69) is 17.2 Å². The average molecular weight is 407 g/mol. The van der Waals surface area contributed by atoms with Crippen molar-refractivity contribution in [2.24, 2.45) is 7.05 Å². The number of carbonyl (C=O) groups is 2. The molecule has 0 fully saturated rings. The maximum absolute atomic E-state index is 12.5. The van der Waals surface area contributed by atoms with E-state index >= 15 is 0 Å². The second kappa shape index (κ2) is 7.68. The van der Waals surface area contributed by atoms with Gasteiger partial charge in [-0.1, -0.05) is 48.0 Å². The van der Waals surface area contributed by atoms with Crippen LogP contribution in [0.2, 0.25) is 5.15 Å². The van der Waals surface area contributed by atoms with Crippen LogP contribution in [0.5, 0.6) is 0 Å². The van der Waals surface area contributed by atoms with Gasteiger partial charge in [0, 0.05) is 24.3 Å². The zero-order valence-corrected chi connectivity index (χ0v) is 16.9. The van der Waals surface area contributed by atoms with E-state index in [1.807, 2.05) is 24.3 Å². The van der Waals surface area contributed by atoms with E-state index in [9.17, 15) is 9.59 Å². The molecule has 0 spiro atoms. The first-order valence-corrected chi connectivity index (χ1v) is 9.60. The number of rotatable bonds is 5. The molecule has 6 heteroatoms. The number of ether oxygens (including phenoxy) is 1. The van der Waals surface area contributed by atoms with Gasteiger partial charge >= 0.3 is 5.97 Å². The predicted octanol–water partition coefficient (Wildman–Crippen LogP) is 4.39. The van der Waals surface area contributed by atoms with Gasteiger partial charge in [0.15, 0.2) is 12.4 Å². The van der Waals surface area contributed by atoms with Crippen molar-refractivity contribution in [3.8, 4) is 11.1 Å². The molecule has 0 bridgehead atoms. The molecule has 0 radical (unpaired) electrons. The van der Waals surface area contributed by atoms with Crippen LogP contribution in [-0.2, 0) is 23.0 Å². The second-order valence-corrected chi connectivity index (χ2v) is 7.34. The highest BCUT2D eigenvalue weighted by atomic mass is 35.5. The van der Waals surface area contributed by atoms with Crippen LogP contribution in [0.4, 0.5) is 0 Å². The maximum Gasteiger partial charge on any atom is 0.331 e. The predicted molar refractivity (Wildman–Crippen MR) is 112 cm³/mol. The number of ketones is 1. The van der Waals surface area contributed by atoms with Gasteiger partial charge in [0.05, 0.1) is 5.69 Å². The topological polar surface area (TPSA) is 61.2 Å². The lowest BCUT2D eigenvalue weighted by atomic mass is 10.0. The molecule has 4 rings (SSSR count). The van der Waals surface area contributed by atoms with E-state index in [1.54, 1.807) is 26.1 Å². The third kappa shape index (κ3) is 3.74. The third-order valence-corrected chi connectivity index (χ3v) is 5.50. The van der Waals surface area contributed by atoms with Crippen LogP contribution >= 0.6 is 11.6 Å². The Balaban J connectivity index is 1.42. The van der Waals surface area contributed by atoms with E-state index in [4.69, 9.17) is 16.3 Å². The highest BCUT2D eigenvalue weighted by Gasteiger charge is 2.20. The molecule has 0 atom stereocenters. The SMILES string of the molecule is Cc1nn(C)c(Cl)c1/C=C/C(=O)OCC(=O)c1ccc2c(c1)-c1ccccc1C2. The summed E-state index contributed by atoms with van der Waals surface area (Å²) in [7, 11) is 1.72. The average Bonchev–Trinajstić information content (AvgIpc) is 3.20. The molecular formula is C23H19ClN2O3. The third-order valence-electron chi connectivity index (χ3n) is 5.05. The quantitative estimate of drug-likeness (QED) is 0.280. The summed E-state index contributed by atoms with van der Waals surface area (Å²) in [6.45, 7) is 1.48. The summed E-state index contributed by atoms with van der Waals surface area (Å²) in [5.74, 6) is -0.848. The molecule has 5 nitrogen and oxygen atoms in total. The van der Waals surface area contributed by atoms with Gasteiger partial charge in [-0.2, -0.15) is 5.10 Å². The summed E-state index contributed by atoms with van der Waals surface area (Å²) in [6, 6.07) is 13.8. The van der Waals surface area contributed by atoms with Crippen LogP contribution in [0, 0.1) is 6.92 Å². The molecule has 0 aliphatic heterocycles. The molecule has 1 aromatic heterocycles. The van der Waals surface area contributed by atoms with Gasteiger partial charge in [-0.3, -0.25) is 9.48 Å². The highest BCUT2D eigenvalue weighted by Crippen LogP contribution is 2.36. The molecule has 1 heterocycles. The van der Waals surface area contributed by atoms with Gasteiger partial charge in [0.1, 0.15) is 5.15 Å². The molecule has 29 heavy (non-hydrogen) atoms. The fourth-order valence-electron chi connectivity index (χ4n) is 3.55. The monoisotopic (exact) mass is 406 g/mol. The van der Waals surface area contributed by atoms with Crippen LogP contribution < -0.4 is 0 Å². The van der Waals surface area contributed by atoms with E-state index in [0.29, 0.717) is 22.0 Å². The first kappa shape index (κ1) is 19.2. The Morgan fingerprint density at radius 3 is 2.69 bits per heavy atom. The number of Topliss-reactive ketones (excluding diaryl/α,β-unsaturated/α-hetero) is 1. The molecule has 0 saturated heterocycles. The Kier molecular flexibility index (Phi) is 5.07. The lowest BCUT2D eigenvalue weighted by Crippen LogP contribution is -2.12. The lowest BCUT2D eigenvalue weighted by molar-refractivity contribution is -0.136. The number of esters is 1. The standard InChI is InChI=1S/C23H19ClN2O3/c1-14-18(23(24)26(2)25-14)9-10-22(28)29-13-21(27)17-8-7-16-11-15-5-3-4-6-19(15)20(16)12-17/h3-10,12H,11,13H2,1-2H3/b10-9+. The molecule has 2 aromatic carbocycles. The van der Waals surface area contributed by atoms with Gasteiger partial charge in [-0.15, -0.1) is 0 Å². The van der Waals surface area contributed by atoms with E-state index in [0.717, 1.165) is 17.5 Å². The number of fused-ring (bicyclic) bond motifs is 3. The van der Waals surface area contributed by atoms with Crippen LogP contribution in [-0.4, -0.2) is 28.1 Å².